The molecular weight excluding hydrogens is 326 g/mol. The molecule has 0 aliphatic carbocycles. The van der Waals surface area contributed by atoms with Gasteiger partial charge in [-0.3, -0.25) is 4.79 Å². The van der Waals surface area contributed by atoms with Gasteiger partial charge in [0.25, 0.3) is 0 Å². The van der Waals surface area contributed by atoms with Crippen LogP contribution in [0.25, 0.3) is 0 Å². The highest BCUT2D eigenvalue weighted by molar-refractivity contribution is 7.92. The van der Waals surface area contributed by atoms with Gasteiger partial charge in [-0.05, 0) is 24.3 Å². The molecule has 1 amide bonds. The van der Waals surface area contributed by atoms with E-state index in [9.17, 15) is 13.2 Å². The standard InChI is InChI=1S/C18H29NO4S/c1-14(2)9-10-23-17-8-6-5-7-16(17)11-19-18(20)13-24(21,22)12-15(3)4/h5-8,14-15H,9-13H2,1-4H3,(H,19,20). The largest absolute Gasteiger partial charge is 0.493 e. The fraction of sp³-hybridized carbons (Fsp3) is 0.611. The molecule has 0 spiro atoms. The van der Waals surface area contributed by atoms with Crippen LogP contribution in [0.1, 0.15) is 39.7 Å². The van der Waals surface area contributed by atoms with E-state index < -0.39 is 21.5 Å². The highest BCUT2D eigenvalue weighted by Gasteiger charge is 2.18. The topological polar surface area (TPSA) is 72.5 Å². The first-order valence-electron chi connectivity index (χ1n) is 8.37. The van der Waals surface area contributed by atoms with Gasteiger partial charge in [-0.15, -0.1) is 0 Å². The first-order chi connectivity index (χ1) is 11.2. The lowest BCUT2D eigenvalue weighted by Crippen LogP contribution is -2.31. The second-order valence-electron chi connectivity index (χ2n) is 6.86. The minimum Gasteiger partial charge on any atom is -0.493 e. The van der Waals surface area contributed by atoms with Gasteiger partial charge in [0.1, 0.15) is 11.5 Å². The summed E-state index contributed by atoms with van der Waals surface area (Å²) in [5.74, 6) is 0.369. The molecule has 0 fully saturated rings. The van der Waals surface area contributed by atoms with Gasteiger partial charge in [0.2, 0.25) is 5.91 Å². The number of ether oxygens (including phenoxy) is 1. The first kappa shape index (κ1) is 20.5. The third-order valence-corrected chi connectivity index (χ3v) is 5.22. The minimum absolute atomic E-state index is 0.0119. The molecule has 0 aliphatic heterocycles. The van der Waals surface area contributed by atoms with Crippen LogP contribution in [0.5, 0.6) is 5.75 Å². The number of para-hydroxylation sites is 1. The zero-order chi connectivity index (χ0) is 18.2. The molecule has 5 nitrogen and oxygen atoms in total. The van der Waals surface area contributed by atoms with Crippen molar-refractivity contribution in [3.05, 3.63) is 29.8 Å². The van der Waals surface area contributed by atoms with Crippen molar-refractivity contribution in [3.63, 3.8) is 0 Å². The monoisotopic (exact) mass is 355 g/mol. The normalized spacial score (nSPS) is 11.8. The molecule has 1 N–H and O–H groups in total. The molecule has 0 heterocycles. The van der Waals surface area contributed by atoms with Gasteiger partial charge in [0.05, 0.1) is 12.4 Å². The number of carbonyl (C=O) groups is 1. The van der Waals surface area contributed by atoms with Gasteiger partial charge < -0.3 is 10.1 Å². The second kappa shape index (κ2) is 9.67. The number of nitrogens with one attached hydrogen (secondary N) is 1. The molecule has 6 heteroatoms. The van der Waals surface area contributed by atoms with E-state index >= 15 is 0 Å². The van der Waals surface area contributed by atoms with E-state index in [2.05, 4.69) is 19.2 Å². The molecule has 136 valence electrons. The van der Waals surface area contributed by atoms with Crippen LogP contribution in [0.15, 0.2) is 24.3 Å². The van der Waals surface area contributed by atoms with E-state index in [1.54, 1.807) is 0 Å². The average Bonchev–Trinajstić information content (AvgIpc) is 2.43. The number of amides is 1. The van der Waals surface area contributed by atoms with Crippen molar-refractivity contribution in [2.24, 2.45) is 11.8 Å². The molecule has 0 saturated heterocycles. The molecule has 0 bridgehead atoms. The quantitative estimate of drug-likeness (QED) is 0.700. The summed E-state index contributed by atoms with van der Waals surface area (Å²) in [4.78, 5) is 11.9. The summed E-state index contributed by atoms with van der Waals surface area (Å²) in [6, 6.07) is 7.47. The van der Waals surface area contributed by atoms with Crippen LogP contribution in [-0.2, 0) is 21.2 Å². The van der Waals surface area contributed by atoms with E-state index in [0.717, 1.165) is 17.7 Å². The highest BCUT2D eigenvalue weighted by Crippen LogP contribution is 2.18. The summed E-state index contributed by atoms with van der Waals surface area (Å²) < 4.78 is 29.5. The van der Waals surface area contributed by atoms with Crippen LogP contribution in [0.3, 0.4) is 0 Å². The van der Waals surface area contributed by atoms with E-state index in [-0.39, 0.29) is 18.2 Å². The Morgan fingerprint density at radius 3 is 2.42 bits per heavy atom. The lowest BCUT2D eigenvalue weighted by atomic mass is 10.1. The van der Waals surface area contributed by atoms with E-state index in [0.29, 0.717) is 12.5 Å². The summed E-state index contributed by atoms with van der Waals surface area (Å²) >= 11 is 0. The third kappa shape index (κ3) is 8.34. The highest BCUT2D eigenvalue weighted by atomic mass is 32.2. The number of carbonyl (C=O) groups excluding carboxylic acids is 1. The molecule has 24 heavy (non-hydrogen) atoms. The molecule has 1 rings (SSSR count). The summed E-state index contributed by atoms with van der Waals surface area (Å²) in [6.07, 6.45) is 0.953. The van der Waals surface area contributed by atoms with Crippen molar-refractivity contribution in [1.29, 1.82) is 0 Å². The van der Waals surface area contributed by atoms with Gasteiger partial charge in [-0.2, -0.15) is 0 Å². The van der Waals surface area contributed by atoms with Crippen molar-refractivity contribution in [3.8, 4) is 5.75 Å². The lowest BCUT2D eigenvalue weighted by Gasteiger charge is -2.13. The molecule has 0 unspecified atom stereocenters. The van der Waals surface area contributed by atoms with Crippen molar-refractivity contribution < 1.29 is 17.9 Å². The maximum absolute atomic E-state index is 11.9. The van der Waals surface area contributed by atoms with Crippen LogP contribution < -0.4 is 10.1 Å². The first-order valence-corrected chi connectivity index (χ1v) is 10.2. The predicted octanol–water partition coefficient (Wildman–Crippen LogP) is 2.80. The fourth-order valence-electron chi connectivity index (χ4n) is 2.21. The third-order valence-electron chi connectivity index (χ3n) is 3.34. The Balaban J connectivity index is 2.56. The Morgan fingerprint density at radius 2 is 1.79 bits per heavy atom. The van der Waals surface area contributed by atoms with E-state index in [1.807, 2.05) is 38.1 Å². The summed E-state index contributed by atoms with van der Waals surface area (Å²) in [5.41, 5.74) is 0.843. The van der Waals surface area contributed by atoms with Gasteiger partial charge in [0, 0.05) is 12.1 Å². The Morgan fingerprint density at radius 1 is 1.12 bits per heavy atom. The van der Waals surface area contributed by atoms with Gasteiger partial charge in [-0.25, -0.2) is 8.42 Å². The number of benzene rings is 1. The van der Waals surface area contributed by atoms with Gasteiger partial charge >= 0.3 is 0 Å². The van der Waals surface area contributed by atoms with Crippen molar-refractivity contribution in [2.75, 3.05) is 18.1 Å². The molecule has 0 radical (unpaired) electrons. The number of rotatable bonds is 10. The van der Waals surface area contributed by atoms with Crippen LogP contribution in [0, 0.1) is 11.8 Å². The molecule has 0 aromatic heterocycles. The SMILES string of the molecule is CC(C)CCOc1ccccc1CNC(=O)CS(=O)(=O)CC(C)C. The number of hydrogen-bond donors (Lipinski definition) is 1. The fourth-order valence-corrected chi connectivity index (χ4v) is 3.84. The van der Waals surface area contributed by atoms with Gasteiger partial charge in [0.15, 0.2) is 9.84 Å². The summed E-state index contributed by atoms with van der Waals surface area (Å²) in [7, 11) is -3.36. The van der Waals surface area contributed by atoms with E-state index in [4.69, 9.17) is 4.74 Å². The minimum atomic E-state index is -3.36. The van der Waals surface area contributed by atoms with Gasteiger partial charge in [-0.1, -0.05) is 45.9 Å². The zero-order valence-corrected chi connectivity index (χ0v) is 15.9. The van der Waals surface area contributed by atoms with Crippen LogP contribution in [0.4, 0.5) is 0 Å². The van der Waals surface area contributed by atoms with Crippen LogP contribution >= 0.6 is 0 Å². The summed E-state index contributed by atoms with van der Waals surface area (Å²) in [5, 5.41) is 2.67. The second-order valence-corrected chi connectivity index (χ2v) is 8.97. The van der Waals surface area contributed by atoms with Crippen molar-refractivity contribution in [2.45, 2.75) is 40.7 Å². The Bertz CT molecular complexity index is 624. The lowest BCUT2D eigenvalue weighted by molar-refractivity contribution is -0.118. The zero-order valence-electron chi connectivity index (χ0n) is 15.0. The summed E-state index contributed by atoms with van der Waals surface area (Å²) in [6.45, 7) is 8.78. The van der Waals surface area contributed by atoms with E-state index in [1.165, 1.54) is 0 Å². The number of hydrogen-bond acceptors (Lipinski definition) is 4. The molecular formula is C18H29NO4S. The van der Waals surface area contributed by atoms with Crippen molar-refractivity contribution >= 4 is 15.7 Å². The predicted molar refractivity (Wildman–Crippen MR) is 96.7 cm³/mol. The molecule has 1 aromatic carbocycles. The van der Waals surface area contributed by atoms with Crippen LogP contribution in [-0.4, -0.2) is 32.4 Å². The Labute approximate surface area is 145 Å². The number of sulfone groups is 1. The smallest absolute Gasteiger partial charge is 0.235 e. The molecule has 0 atom stereocenters. The van der Waals surface area contributed by atoms with Crippen molar-refractivity contribution in [1.82, 2.24) is 5.32 Å². The maximum atomic E-state index is 11.9. The van der Waals surface area contributed by atoms with Crippen LogP contribution in [0.2, 0.25) is 0 Å². The molecule has 1 aromatic rings. The average molecular weight is 356 g/mol. The Kier molecular flexibility index (Phi) is 8.25. The maximum Gasteiger partial charge on any atom is 0.235 e. The molecule has 0 aliphatic rings. The Hall–Kier alpha value is -1.56. The molecule has 0 saturated carbocycles.